The van der Waals surface area contributed by atoms with Crippen LogP contribution in [0.5, 0.6) is 0 Å². The highest BCUT2D eigenvalue weighted by atomic mass is 35.5. The minimum absolute atomic E-state index is 0.0869. The number of hydrogen-bond donors (Lipinski definition) is 1. The summed E-state index contributed by atoms with van der Waals surface area (Å²) in [6.45, 7) is 0. The molecule has 0 atom stereocenters. The van der Waals surface area contributed by atoms with Crippen LogP contribution in [0.3, 0.4) is 0 Å². The molecule has 0 aliphatic carbocycles. The number of aromatic nitrogens is 1. The van der Waals surface area contributed by atoms with Crippen LogP contribution in [0.15, 0.2) is 35.4 Å². The van der Waals surface area contributed by atoms with Gasteiger partial charge in [0.05, 0.1) is 10.5 Å². The first-order chi connectivity index (χ1) is 6.98. The lowest BCUT2D eigenvalue weighted by atomic mass is 10.2. The van der Waals surface area contributed by atoms with Crippen LogP contribution in [0, 0.1) is 0 Å². The lowest BCUT2D eigenvalue weighted by molar-refractivity contribution is 0.480. The minimum atomic E-state index is -4.37. The number of rotatable bonds is 1. The van der Waals surface area contributed by atoms with Crippen LogP contribution >= 0.6 is 11.6 Å². The van der Waals surface area contributed by atoms with Crippen LogP contribution in [-0.4, -0.2) is 18.0 Å². The topological polar surface area (TPSA) is 67.3 Å². The van der Waals surface area contributed by atoms with E-state index in [0.29, 0.717) is 5.52 Å². The molecule has 4 nitrogen and oxygen atoms in total. The van der Waals surface area contributed by atoms with Gasteiger partial charge < -0.3 is 0 Å². The van der Waals surface area contributed by atoms with Crippen LogP contribution in [0.4, 0.5) is 0 Å². The first-order valence-electron chi connectivity index (χ1n) is 4.01. The van der Waals surface area contributed by atoms with Gasteiger partial charge in [0.2, 0.25) is 5.03 Å². The molecule has 0 spiro atoms. The van der Waals surface area contributed by atoms with Crippen LogP contribution in [0.25, 0.3) is 10.9 Å². The number of hydrogen-bond acceptors (Lipinski definition) is 3. The molecule has 2 aromatic rings. The number of pyridine rings is 1. The fourth-order valence-electron chi connectivity index (χ4n) is 1.25. The summed E-state index contributed by atoms with van der Waals surface area (Å²) >= 11 is 5.69. The van der Waals surface area contributed by atoms with Crippen molar-refractivity contribution in [3.05, 3.63) is 35.4 Å². The summed E-state index contributed by atoms with van der Waals surface area (Å²) in [6, 6.07) is 8.35. The molecule has 1 heterocycles. The SMILES string of the molecule is O=S(=O)(O)c1nc2ccccc2cc1Cl. The summed E-state index contributed by atoms with van der Waals surface area (Å²) in [4.78, 5) is 3.78. The molecule has 2 rings (SSSR count). The summed E-state index contributed by atoms with van der Waals surface area (Å²) in [6.07, 6.45) is 0. The monoisotopic (exact) mass is 243 g/mol. The van der Waals surface area contributed by atoms with Crippen LogP contribution < -0.4 is 0 Å². The third-order valence-corrected chi connectivity index (χ3v) is 3.09. The summed E-state index contributed by atoms with van der Waals surface area (Å²) in [5.74, 6) is 0. The largest absolute Gasteiger partial charge is 0.313 e. The Morgan fingerprint density at radius 1 is 1.27 bits per heavy atom. The van der Waals surface area contributed by atoms with Crippen LogP contribution in [0.2, 0.25) is 5.02 Å². The van der Waals surface area contributed by atoms with Crippen LogP contribution in [0.1, 0.15) is 0 Å². The van der Waals surface area contributed by atoms with Gasteiger partial charge in [-0.15, -0.1) is 0 Å². The molecule has 1 aromatic heterocycles. The molecule has 0 unspecified atom stereocenters. The molecule has 0 bridgehead atoms. The maximum absolute atomic E-state index is 10.9. The zero-order chi connectivity index (χ0) is 11.1. The molecule has 0 fully saturated rings. The summed E-state index contributed by atoms with van der Waals surface area (Å²) in [5.41, 5.74) is 0.467. The van der Waals surface area contributed by atoms with E-state index in [9.17, 15) is 8.42 Å². The maximum Gasteiger partial charge on any atom is 0.313 e. The van der Waals surface area contributed by atoms with Gasteiger partial charge in [0, 0.05) is 5.39 Å². The molecule has 0 saturated heterocycles. The van der Waals surface area contributed by atoms with Gasteiger partial charge in [0.1, 0.15) is 0 Å². The Morgan fingerprint density at radius 3 is 2.60 bits per heavy atom. The molecule has 15 heavy (non-hydrogen) atoms. The molecule has 0 aliphatic rings. The first kappa shape index (κ1) is 10.4. The molecule has 0 radical (unpaired) electrons. The zero-order valence-corrected chi connectivity index (χ0v) is 8.96. The first-order valence-corrected chi connectivity index (χ1v) is 5.83. The van der Waals surface area contributed by atoms with E-state index in [0.717, 1.165) is 5.39 Å². The quantitative estimate of drug-likeness (QED) is 0.780. The zero-order valence-electron chi connectivity index (χ0n) is 7.38. The van der Waals surface area contributed by atoms with Gasteiger partial charge in [-0.1, -0.05) is 29.8 Å². The lowest BCUT2D eigenvalue weighted by Crippen LogP contribution is -2.02. The average molecular weight is 244 g/mol. The average Bonchev–Trinajstić information content (AvgIpc) is 2.15. The van der Waals surface area contributed by atoms with E-state index in [1.54, 1.807) is 24.3 Å². The normalized spacial score (nSPS) is 11.9. The molecule has 78 valence electrons. The lowest BCUT2D eigenvalue weighted by Gasteiger charge is -2.02. The predicted octanol–water partition coefficient (Wildman–Crippen LogP) is 2.13. The van der Waals surface area contributed by atoms with Gasteiger partial charge in [-0.2, -0.15) is 8.42 Å². The predicted molar refractivity (Wildman–Crippen MR) is 56.6 cm³/mol. The molecule has 0 amide bonds. The number of nitrogens with zero attached hydrogens (tertiary/aromatic N) is 1. The molecule has 1 N–H and O–H groups in total. The van der Waals surface area contributed by atoms with Crippen molar-refractivity contribution in [3.8, 4) is 0 Å². The Morgan fingerprint density at radius 2 is 1.93 bits per heavy atom. The number of halogens is 1. The molecular weight excluding hydrogens is 238 g/mol. The summed E-state index contributed by atoms with van der Waals surface area (Å²) < 4.78 is 30.7. The molecule has 0 aliphatic heterocycles. The number of para-hydroxylation sites is 1. The number of fused-ring (bicyclic) bond motifs is 1. The van der Waals surface area contributed by atoms with Crippen molar-refractivity contribution in [2.24, 2.45) is 0 Å². The van der Waals surface area contributed by atoms with E-state index in [1.165, 1.54) is 6.07 Å². The van der Waals surface area contributed by atoms with E-state index >= 15 is 0 Å². The van der Waals surface area contributed by atoms with Crippen molar-refractivity contribution in [2.45, 2.75) is 5.03 Å². The fourth-order valence-corrected chi connectivity index (χ4v) is 2.22. The summed E-state index contributed by atoms with van der Waals surface area (Å²) in [5, 5.41) is 0.119. The van der Waals surface area contributed by atoms with Gasteiger partial charge >= 0.3 is 10.1 Å². The van der Waals surface area contributed by atoms with Crippen molar-refractivity contribution in [3.63, 3.8) is 0 Å². The number of benzene rings is 1. The third-order valence-electron chi connectivity index (χ3n) is 1.89. The van der Waals surface area contributed by atoms with E-state index in [4.69, 9.17) is 16.2 Å². The Bertz CT molecular complexity index is 624. The highest BCUT2D eigenvalue weighted by Crippen LogP contribution is 2.23. The molecule has 0 saturated carbocycles. The van der Waals surface area contributed by atoms with E-state index in [2.05, 4.69) is 4.98 Å². The summed E-state index contributed by atoms with van der Waals surface area (Å²) in [7, 11) is -4.37. The minimum Gasteiger partial charge on any atom is -0.281 e. The Balaban J connectivity index is 2.84. The van der Waals surface area contributed by atoms with E-state index < -0.39 is 15.1 Å². The van der Waals surface area contributed by atoms with Crippen molar-refractivity contribution in [2.75, 3.05) is 0 Å². The standard InChI is InChI=1S/C9H6ClNO3S/c10-7-5-6-3-1-2-4-8(6)11-9(7)15(12,13)14/h1-5H,(H,12,13,14). The van der Waals surface area contributed by atoms with Crippen molar-refractivity contribution >= 4 is 32.6 Å². The highest BCUT2D eigenvalue weighted by Gasteiger charge is 2.17. The van der Waals surface area contributed by atoms with Gasteiger partial charge in [-0.3, -0.25) is 4.55 Å². The van der Waals surface area contributed by atoms with Gasteiger partial charge in [-0.05, 0) is 12.1 Å². The molecule has 1 aromatic carbocycles. The van der Waals surface area contributed by atoms with E-state index in [1.807, 2.05) is 0 Å². The van der Waals surface area contributed by atoms with Gasteiger partial charge in [0.25, 0.3) is 0 Å². The molecular formula is C9H6ClNO3S. The highest BCUT2D eigenvalue weighted by molar-refractivity contribution is 7.85. The van der Waals surface area contributed by atoms with Crippen molar-refractivity contribution in [1.82, 2.24) is 4.98 Å². The molecule has 6 heteroatoms. The second kappa shape index (κ2) is 3.44. The smallest absolute Gasteiger partial charge is 0.281 e. The van der Waals surface area contributed by atoms with Crippen LogP contribution in [-0.2, 0) is 10.1 Å². The Kier molecular flexibility index (Phi) is 2.38. The third kappa shape index (κ3) is 1.94. The van der Waals surface area contributed by atoms with Gasteiger partial charge in [0.15, 0.2) is 0 Å². The maximum atomic E-state index is 10.9. The van der Waals surface area contributed by atoms with Gasteiger partial charge in [-0.25, -0.2) is 4.98 Å². The van der Waals surface area contributed by atoms with E-state index in [-0.39, 0.29) is 5.02 Å². The van der Waals surface area contributed by atoms with Crippen molar-refractivity contribution < 1.29 is 13.0 Å². The Hall–Kier alpha value is -1.17. The fraction of sp³-hybridized carbons (Fsp3) is 0. The van der Waals surface area contributed by atoms with Crippen molar-refractivity contribution in [1.29, 1.82) is 0 Å². The Labute approximate surface area is 91.3 Å². The second-order valence-electron chi connectivity index (χ2n) is 2.94. The second-order valence-corrected chi connectivity index (χ2v) is 4.69.